The van der Waals surface area contributed by atoms with Crippen LogP contribution in [-0.4, -0.2) is 219 Å². The number of ether oxygens (including phenoxy) is 3. The topological polar surface area (TPSA) is 411 Å². The maximum absolute atomic E-state index is 13.5. The third kappa shape index (κ3) is 48.3. The molecular formula is C76H166O35P8+8. The van der Waals surface area contributed by atoms with Gasteiger partial charge in [0.1, 0.15) is 131 Å². The molecule has 6 unspecified atom stereocenters. The van der Waals surface area contributed by atoms with Gasteiger partial charge < -0.3 is 14.2 Å². The zero-order chi connectivity index (χ0) is 88.3. The SMILES string of the molecule is CCCCO[P+](O)(OCCCC)OCC1OC(CO[P+](O)(OCCCC)OCCCC)(O[C@H]2OC(CO[P+](O)(OCCCC)OCCCC)[C@@H](O[P+](O)(OCCCC)OCCCC)[C@H](O[P+](O)(OCCCC)OCCCC)C2O[P+](O)(OCCCC)OCCCC)C(O[P+](O)(OCCCC)OCCCC)C1O[P+](O)(OCCCC)OCCCC. The summed E-state index contributed by atoms with van der Waals surface area (Å²) in [5.41, 5.74) is 0. The quantitative estimate of drug-likeness (QED) is 0.0207. The summed E-state index contributed by atoms with van der Waals surface area (Å²) in [6.07, 6.45) is -0.883. The summed E-state index contributed by atoms with van der Waals surface area (Å²) < 4.78 is 180. The minimum atomic E-state index is -4.94. The molecule has 0 aliphatic carbocycles. The first kappa shape index (κ1) is 117. The van der Waals surface area contributed by atoms with Crippen molar-refractivity contribution in [1.82, 2.24) is 0 Å². The van der Waals surface area contributed by atoms with Gasteiger partial charge in [0.25, 0.3) is 0 Å². The molecule has 0 aromatic rings. The largest absolute Gasteiger partial charge is 0.573 e. The zero-order valence-electron chi connectivity index (χ0n) is 75.4. The van der Waals surface area contributed by atoms with Crippen LogP contribution in [0.4, 0.5) is 0 Å². The van der Waals surface area contributed by atoms with Gasteiger partial charge in [0.05, 0.1) is 0 Å². The van der Waals surface area contributed by atoms with Crippen molar-refractivity contribution >= 4 is 65.4 Å². The van der Waals surface area contributed by atoms with E-state index in [0.29, 0.717) is 205 Å². The first-order valence-corrected chi connectivity index (χ1v) is 56.7. The predicted molar refractivity (Wildman–Crippen MR) is 466 cm³/mol. The molecule has 2 aliphatic heterocycles. The van der Waals surface area contributed by atoms with Crippen LogP contribution in [0.5, 0.6) is 0 Å². The number of hydrogen-bond acceptors (Lipinski definition) is 35. The first-order chi connectivity index (χ1) is 57.1. The van der Waals surface area contributed by atoms with Gasteiger partial charge in [-0.05, 0) is 103 Å². The van der Waals surface area contributed by atoms with Crippen LogP contribution in [0, 0.1) is 0 Å². The highest BCUT2D eigenvalue weighted by molar-refractivity contribution is 7.57. The lowest BCUT2D eigenvalue weighted by Crippen LogP contribution is -2.65. The van der Waals surface area contributed by atoms with Crippen LogP contribution in [0.1, 0.15) is 316 Å². The van der Waals surface area contributed by atoms with Gasteiger partial charge in [0, 0.05) is 0 Å². The molecule has 2 aliphatic rings. The van der Waals surface area contributed by atoms with E-state index in [1.54, 1.807) is 0 Å². The Labute approximate surface area is 720 Å². The molecule has 0 spiro atoms. The van der Waals surface area contributed by atoms with Gasteiger partial charge >= 0.3 is 65.4 Å². The molecule has 43 heteroatoms. The molecule has 0 bridgehead atoms. The molecule has 0 aromatic carbocycles. The van der Waals surface area contributed by atoms with E-state index in [2.05, 4.69) is 0 Å². The van der Waals surface area contributed by atoms with Gasteiger partial charge in [-0.2, -0.15) is 121 Å². The van der Waals surface area contributed by atoms with E-state index in [4.69, 9.17) is 123 Å². The Bertz CT molecular complexity index is 2320. The maximum atomic E-state index is 13.5. The van der Waals surface area contributed by atoms with Crippen molar-refractivity contribution in [3.63, 3.8) is 0 Å². The zero-order valence-corrected chi connectivity index (χ0v) is 82.5. The molecule has 35 nitrogen and oxygen atoms in total. The Hall–Kier alpha value is 2.04. The fourth-order valence-corrected chi connectivity index (χ4v) is 21.6. The molecule has 2 saturated heterocycles. The minimum Gasteiger partial charge on any atom is -0.341 e. The molecule has 0 amide bonds. The average molecular weight is 1890 g/mol. The van der Waals surface area contributed by atoms with Crippen LogP contribution in [-0.2, 0) is 123 Å². The van der Waals surface area contributed by atoms with Gasteiger partial charge in [0.2, 0.25) is 11.9 Å². The molecule has 0 aromatic heterocycles. The summed E-state index contributed by atoms with van der Waals surface area (Å²) in [7, 11) is -37.9. The molecule has 2 rings (SSSR count). The van der Waals surface area contributed by atoms with Crippen LogP contribution in [0.2, 0.25) is 0 Å². The molecule has 8 N–H and O–H groups in total. The van der Waals surface area contributed by atoms with Crippen molar-refractivity contribution in [2.45, 2.75) is 371 Å². The second kappa shape index (κ2) is 68.1. The second-order valence-corrected chi connectivity index (χ2v) is 42.5. The number of rotatable bonds is 85. The summed E-state index contributed by atoms with van der Waals surface area (Å²) in [6.45, 7) is 26.0. The first-order valence-electron chi connectivity index (χ1n) is 44.8. The Balaban J connectivity index is 4.04. The van der Waals surface area contributed by atoms with E-state index in [0.717, 1.165) is 0 Å². The Morgan fingerprint density at radius 1 is 0.218 bits per heavy atom. The lowest BCUT2D eigenvalue weighted by atomic mass is 9.99. The van der Waals surface area contributed by atoms with Crippen LogP contribution >= 0.6 is 65.4 Å². The predicted octanol–water partition coefficient (Wildman–Crippen LogP) is 21.2. The van der Waals surface area contributed by atoms with E-state index in [1.807, 2.05) is 111 Å². The average Bonchev–Trinajstić information content (AvgIpc) is 1.66. The minimum absolute atomic E-state index is 0.0274. The van der Waals surface area contributed by atoms with Crippen LogP contribution in [0.15, 0.2) is 0 Å². The lowest BCUT2D eigenvalue weighted by Gasteiger charge is -2.45. The molecule has 0 radical (unpaired) electrons. The summed E-state index contributed by atoms with van der Waals surface area (Å²) in [6, 6.07) is 0. The summed E-state index contributed by atoms with van der Waals surface area (Å²) in [4.78, 5) is 106. The van der Waals surface area contributed by atoms with Gasteiger partial charge in [-0.15, -0.1) is 27.1 Å². The van der Waals surface area contributed by atoms with Gasteiger partial charge in [-0.1, -0.05) is 214 Å². The highest BCUT2D eigenvalue weighted by atomic mass is 31.2. The molecule has 9 atom stereocenters. The second-order valence-electron chi connectivity index (χ2n) is 29.0. The van der Waals surface area contributed by atoms with Gasteiger partial charge in [-0.25, -0.2) is 0 Å². The number of unbranched alkanes of at least 4 members (excludes halogenated alkanes) is 16. The summed E-state index contributed by atoms with van der Waals surface area (Å²) in [5.74, 6) is -3.04. The standard InChI is InChI=1S/C76H166O35P8/c1-17-33-49-85-112(77,86-50-34-18-2)101-65-68-70(107-115(80,91-55-39-23-7)92-56-40-24-8)72(109-117(82,95-59-43-27-11)96-60-44-28-12)73(110-118(83,97-61-45-29-13)98-62-46-30-14)75(104-68)106-76(67-103-114(79,89-53-37-21-5)90-54-38-22-6)74(111-119(84,99-63-47-31-15)100-64-48-32-16)71(108-116(81,93-57-41-25-9)94-58-42-26-10)69(105-76)66-102-113(78,87-51-35-19-3)88-52-36-20-4/h68-75,77-84H,17-67H2,1-16H3/q+8/t68?,69?,70-,71?,72+,73?,74?,75-,76?/m1/s1. The van der Waals surface area contributed by atoms with Crippen molar-refractivity contribution < 1.29 is 162 Å². The number of hydrogen-bond donors (Lipinski definition) is 8. The van der Waals surface area contributed by atoms with Crippen LogP contribution < -0.4 is 0 Å². The molecule has 2 fully saturated rings. The van der Waals surface area contributed by atoms with Crippen molar-refractivity contribution in [3.8, 4) is 0 Å². The van der Waals surface area contributed by atoms with E-state index >= 15 is 0 Å². The van der Waals surface area contributed by atoms with Crippen LogP contribution in [0.3, 0.4) is 0 Å². The maximum Gasteiger partial charge on any atom is 0.573 e. The van der Waals surface area contributed by atoms with E-state index in [1.165, 1.54) is 0 Å². The molecular weight excluding hydrogens is 1720 g/mol. The summed E-state index contributed by atoms with van der Waals surface area (Å²) >= 11 is 0. The van der Waals surface area contributed by atoms with Gasteiger partial charge in [-0.3, -0.25) is 0 Å². The van der Waals surface area contributed by atoms with E-state index in [9.17, 15) is 39.1 Å². The monoisotopic (exact) mass is 1890 g/mol. The highest BCUT2D eigenvalue weighted by Gasteiger charge is 2.74. The van der Waals surface area contributed by atoms with Crippen molar-refractivity contribution in [2.75, 3.05) is 126 Å². The Morgan fingerprint density at radius 2 is 0.420 bits per heavy atom. The van der Waals surface area contributed by atoms with Crippen molar-refractivity contribution in [1.29, 1.82) is 0 Å². The lowest BCUT2D eigenvalue weighted by molar-refractivity contribution is -0.378. The summed E-state index contributed by atoms with van der Waals surface area (Å²) in [5, 5.41) is 0. The normalized spacial score (nSPS) is 20.8. The van der Waals surface area contributed by atoms with Crippen molar-refractivity contribution in [3.05, 3.63) is 0 Å². The van der Waals surface area contributed by atoms with E-state index < -0.39 is 140 Å². The Kier molecular flexibility index (Phi) is 67.0. The molecule has 712 valence electrons. The smallest absolute Gasteiger partial charge is 0.341 e. The third-order valence-corrected chi connectivity index (χ3v) is 30.0. The third-order valence-electron chi connectivity index (χ3n) is 17.9. The van der Waals surface area contributed by atoms with Crippen LogP contribution in [0.25, 0.3) is 0 Å². The molecule has 0 saturated carbocycles. The van der Waals surface area contributed by atoms with Gasteiger partial charge in [0.15, 0.2) is 37.3 Å². The van der Waals surface area contributed by atoms with E-state index in [-0.39, 0.29) is 106 Å². The molecule has 2 heterocycles. The Morgan fingerprint density at radius 3 is 0.672 bits per heavy atom. The fraction of sp³-hybridized carbons (Fsp3) is 1.00. The molecule has 119 heavy (non-hydrogen) atoms. The fourth-order valence-electron chi connectivity index (χ4n) is 10.4. The van der Waals surface area contributed by atoms with Crippen molar-refractivity contribution in [2.24, 2.45) is 0 Å². The highest BCUT2D eigenvalue weighted by Crippen LogP contribution is 2.71.